The van der Waals surface area contributed by atoms with Gasteiger partial charge >= 0.3 is 0 Å². The highest BCUT2D eigenvalue weighted by atomic mass is 16.5. The van der Waals surface area contributed by atoms with Gasteiger partial charge in [-0.2, -0.15) is 0 Å². The molecule has 0 amide bonds. The van der Waals surface area contributed by atoms with Crippen LogP contribution in [0.2, 0.25) is 0 Å². The number of hydrogen-bond donors (Lipinski definition) is 2. The van der Waals surface area contributed by atoms with Gasteiger partial charge < -0.3 is 25.2 Å². The van der Waals surface area contributed by atoms with Crippen molar-refractivity contribution >= 4 is 11.4 Å². The minimum absolute atomic E-state index is 0.125. The fourth-order valence-corrected chi connectivity index (χ4v) is 4.12. The lowest BCUT2D eigenvalue weighted by Gasteiger charge is -2.36. The van der Waals surface area contributed by atoms with Gasteiger partial charge in [-0.15, -0.1) is 0 Å². The zero-order valence-corrected chi connectivity index (χ0v) is 20.4. The second-order valence-electron chi connectivity index (χ2n) is 8.91. The molecule has 1 fully saturated rings. The third-order valence-electron chi connectivity index (χ3n) is 6.15. The van der Waals surface area contributed by atoms with Gasteiger partial charge in [0.2, 0.25) is 5.75 Å². The summed E-state index contributed by atoms with van der Waals surface area (Å²) in [5, 5.41) is 10.7. The average Bonchev–Trinajstić information content (AvgIpc) is 2.83. The Kier molecular flexibility index (Phi) is 10.0. The van der Waals surface area contributed by atoms with Gasteiger partial charge in [-0.3, -0.25) is 4.90 Å². The fraction of sp³-hybridized carbons (Fsp3) is 0.556. The summed E-state index contributed by atoms with van der Waals surface area (Å²) in [4.78, 5) is 4.85. The Balaban J connectivity index is 1.63. The Morgan fingerprint density at radius 1 is 0.818 bits per heavy atom. The lowest BCUT2D eigenvalue weighted by atomic mass is 10.1. The van der Waals surface area contributed by atoms with Crippen LogP contribution in [0.25, 0.3) is 0 Å². The molecule has 2 aromatic carbocycles. The maximum absolute atomic E-state index is 10.7. The average molecular weight is 456 g/mol. The molecule has 3 rings (SSSR count). The van der Waals surface area contributed by atoms with Gasteiger partial charge in [0.15, 0.2) is 11.5 Å². The number of rotatable bonds is 13. The molecule has 1 heterocycles. The van der Waals surface area contributed by atoms with Crippen molar-refractivity contribution in [2.45, 2.75) is 58.9 Å². The van der Waals surface area contributed by atoms with Crippen LogP contribution in [-0.2, 0) is 6.54 Å². The number of phenols is 1. The molecule has 182 valence electrons. The molecule has 0 aliphatic carbocycles. The van der Waals surface area contributed by atoms with Crippen molar-refractivity contribution < 1.29 is 14.6 Å². The molecule has 0 saturated carbocycles. The van der Waals surface area contributed by atoms with Crippen LogP contribution in [0.3, 0.4) is 0 Å². The summed E-state index contributed by atoms with van der Waals surface area (Å²) >= 11 is 0. The van der Waals surface area contributed by atoms with Crippen molar-refractivity contribution in [1.82, 2.24) is 4.90 Å². The highest BCUT2D eigenvalue weighted by Crippen LogP contribution is 2.38. The predicted octanol–water partition coefficient (Wildman–Crippen LogP) is 5.43. The Bertz CT molecular complexity index is 800. The molecule has 1 aliphatic heterocycles. The molecule has 1 aliphatic rings. The third kappa shape index (κ3) is 7.74. The Hall–Kier alpha value is -2.60. The standard InChI is InChI=1S/C27H41N3O3/c1-3-5-7-17-32-25-19-22(20-26(27(25)31)33-18-8-6-4-2)21-29-13-15-30(16-14-29)24-11-9-23(28)10-12-24/h9-12,19-20,31H,3-8,13-18,21,28H2,1-2H3. The second-order valence-corrected chi connectivity index (χ2v) is 8.91. The quantitative estimate of drug-likeness (QED) is 0.310. The van der Waals surface area contributed by atoms with E-state index in [1.165, 1.54) is 5.69 Å². The second kappa shape index (κ2) is 13.2. The summed E-state index contributed by atoms with van der Waals surface area (Å²) in [6, 6.07) is 12.1. The first-order valence-electron chi connectivity index (χ1n) is 12.5. The first kappa shape index (κ1) is 25.0. The Labute approximate surface area is 199 Å². The maximum Gasteiger partial charge on any atom is 0.200 e. The van der Waals surface area contributed by atoms with E-state index in [0.717, 1.165) is 82.5 Å². The number of hydrogen-bond acceptors (Lipinski definition) is 6. The van der Waals surface area contributed by atoms with Gasteiger partial charge in [0.1, 0.15) is 0 Å². The summed E-state index contributed by atoms with van der Waals surface area (Å²) in [5.41, 5.74) is 8.96. The predicted molar refractivity (Wildman–Crippen MR) is 136 cm³/mol. The lowest BCUT2D eigenvalue weighted by molar-refractivity contribution is 0.244. The monoisotopic (exact) mass is 455 g/mol. The molecule has 3 N–H and O–H groups in total. The van der Waals surface area contributed by atoms with Crippen LogP contribution >= 0.6 is 0 Å². The van der Waals surface area contributed by atoms with E-state index in [2.05, 4.69) is 35.8 Å². The topological polar surface area (TPSA) is 71.2 Å². The summed E-state index contributed by atoms with van der Waals surface area (Å²) in [5.74, 6) is 1.20. The van der Waals surface area contributed by atoms with Gasteiger partial charge in [-0.25, -0.2) is 0 Å². The van der Waals surface area contributed by atoms with E-state index in [1.54, 1.807) is 0 Å². The number of phenolic OH excluding ortho intramolecular Hbond substituents is 1. The van der Waals surface area contributed by atoms with Crippen LogP contribution in [0, 0.1) is 0 Å². The first-order valence-corrected chi connectivity index (χ1v) is 12.5. The normalized spacial score (nSPS) is 14.4. The number of nitrogens with two attached hydrogens (primary N) is 1. The smallest absolute Gasteiger partial charge is 0.200 e. The molecule has 6 nitrogen and oxygen atoms in total. The van der Waals surface area contributed by atoms with Crippen molar-refractivity contribution in [3.8, 4) is 17.2 Å². The SMILES string of the molecule is CCCCCOc1cc(CN2CCN(c3ccc(N)cc3)CC2)cc(OCCCCC)c1O. The van der Waals surface area contributed by atoms with Gasteiger partial charge in [0, 0.05) is 44.1 Å². The van der Waals surface area contributed by atoms with Gasteiger partial charge in [0.25, 0.3) is 0 Å². The molecule has 6 heteroatoms. The molecule has 0 unspecified atom stereocenters. The summed E-state index contributed by atoms with van der Waals surface area (Å²) in [6.45, 7) is 10.3. The molecular formula is C27H41N3O3. The molecular weight excluding hydrogens is 414 g/mol. The molecule has 2 aromatic rings. The third-order valence-corrected chi connectivity index (χ3v) is 6.15. The fourth-order valence-electron chi connectivity index (χ4n) is 4.12. The highest BCUT2D eigenvalue weighted by Gasteiger charge is 2.19. The van der Waals surface area contributed by atoms with Crippen LogP contribution in [-0.4, -0.2) is 49.4 Å². The van der Waals surface area contributed by atoms with E-state index in [4.69, 9.17) is 15.2 Å². The maximum atomic E-state index is 10.7. The van der Waals surface area contributed by atoms with Crippen LogP contribution in [0.15, 0.2) is 36.4 Å². The number of ether oxygens (including phenoxy) is 2. The summed E-state index contributed by atoms with van der Waals surface area (Å²) < 4.78 is 11.9. The minimum atomic E-state index is 0.125. The van der Waals surface area contributed by atoms with Crippen LogP contribution < -0.4 is 20.1 Å². The largest absolute Gasteiger partial charge is 0.502 e. The number of unbranched alkanes of at least 4 members (excludes halogenated alkanes) is 4. The lowest BCUT2D eigenvalue weighted by Crippen LogP contribution is -2.45. The van der Waals surface area contributed by atoms with E-state index < -0.39 is 0 Å². The molecule has 0 spiro atoms. The number of piperazine rings is 1. The van der Waals surface area contributed by atoms with Gasteiger partial charge in [-0.05, 0) is 54.8 Å². The van der Waals surface area contributed by atoms with E-state index in [0.29, 0.717) is 24.7 Å². The zero-order valence-electron chi connectivity index (χ0n) is 20.4. The Morgan fingerprint density at radius 2 is 1.36 bits per heavy atom. The first-order chi connectivity index (χ1) is 16.1. The van der Waals surface area contributed by atoms with Crippen LogP contribution in [0.5, 0.6) is 17.2 Å². The van der Waals surface area contributed by atoms with E-state index in [9.17, 15) is 5.11 Å². The number of nitrogen functional groups attached to an aromatic ring is 1. The highest BCUT2D eigenvalue weighted by molar-refractivity contribution is 5.54. The van der Waals surface area contributed by atoms with E-state index >= 15 is 0 Å². The van der Waals surface area contributed by atoms with Crippen LogP contribution in [0.1, 0.15) is 57.9 Å². The van der Waals surface area contributed by atoms with E-state index in [-0.39, 0.29) is 5.75 Å². The molecule has 0 bridgehead atoms. The molecule has 0 atom stereocenters. The van der Waals surface area contributed by atoms with Crippen molar-refractivity contribution in [2.75, 3.05) is 50.0 Å². The van der Waals surface area contributed by atoms with Crippen molar-refractivity contribution in [1.29, 1.82) is 0 Å². The number of aromatic hydroxyl groups is 1. The molecule has 1 saturated heterocycles. The summed E-state index contributed by atoms with van der Waals surface area (Å²) in [7, 11) is 0. The zero-order chi connectivity index (χ0) is 23.5. The molecule has 0 radical (unpaired) electrons. The van der Waals surface area contributed by atoms with Gasteiger partial charge in [-0.1, -0.05) is 39.5 Å². The van der Waals surface area contributed by atoms with Gasteiger partial charge in [0.05, 0.1) is 13.2 Å². The van der Waals surface area contributed by atoms with Crippen molar-refractivity contribution in [3.05, 3.63) is 42.0 Å². The van der Waals surface area contributed by atoms with Crippen molar-refractivity contribution in [2.24, 2.45) is 0 Å². The van der Waals surface area contributed by atoms with E-state index in [1.807, 2.05) is 24.3 Å². The number of anilines is 2. The molecule has 33 heavy (non-hydrogen) atoms. The minimum Gasteiger partial charge on any atom is -0.502 e. The summed E-state index contributed by atoms with van der Waals surface area (Å²) in [6.07, 6.45) is 6.51. The molecule has 0 aromatic heterocycles. The number of nitrogens with zero attached hydrogens (tertiary/aromatic N) is 2. The van der Waals surface area contributed by atoms with Crippen LogP contribution in [0.4, 0.5) is 11.4 Å². The van der Waals surface area contributed by atoms with Crippen molar-refractivity contribution in [3.63, 3.8) is 0 Å². The Morgan fingerprint density at radius 3 is 1.88 bits per heavy atom. The number of benzene rings is 2.